The molecule has 2 rings (SSSR count). The minimum atomic E-state index is 0.00343. The fraction of sp³-hybridized carbons (Fsp3) is 0.562. The number of likely N-dealkylation sites (tertiary alicyclic amines) is 1. The van der Waals surface area contributed by atoms with Crippen molar-refractivity contribution in [2.24, 2.45) is 11.8 Å². The molecule has 1 aliphatic rings. The Hall–Kier alpha value is -1.33. The van der Waals surface area contributed by atoms with Crippen LogP contribution in [0.4, 0.5) is 0 Å². The molecule has 3 atom stereocenters. The lowest BCUT2D eigenvalue weighted by atomic mass is 9.90. The topological polar surface area (TPSA) is 27.0 Å². The predicted molar refractivity (Wildman–Crippen MR) is 74.2 cm³/mol. The number of nitriles is 1. The maximum Gasteiger partial charge on any atom is 0.0839 e. The van der Waals surface area contributed by atoms with Crippen LogP contribution in [0.5, 0.6) is 0 Å². The molecule has 1 aliphatic heterocycles. The van der Waals surface area contributed by atoms with E-state index in [-0.39, 0.29) is 5.92 Å². The lowest BCUT2D eigenvalue weighted by Crippen LogP contribution is -2.40. The van der Waals surface area contributed by atoms with Crippen molar-refractivity contribution >= 4 is 0 Å². The maximum atomic E-state index is 9.37. The summed E-state index contributed by atoms with van der Waals surface area (Å²) in [6, 6.07) is 12.6. The molecule has 18 heavy (non-hydrogen) atoms. The van der Waals surface area contributed by atoms with Crippen LogP contribution in [0.3, 0.4) is 0 Å². The lowest BCUT2D eigenvalue weighted by molar-refractivity contribution is 0.139. The van der Waals surface area contributed by atoms with Crippen LogP contribution in [0.15, 0.2) is 30.3 Å². The Labute approximate surface area is 110 Å². The zero-order valence-electron chi connectivity index (χ0n) is 11.3. The first-order valence-corrected chi connectivity index (χ1v) is 6.86. The zero-order valence-corrected chi connectivity index (χ0v) is 11.3. The number of hydrogen-bond donors (Lipinski definition) is 0. The molecule has 1 fully saturated rings. The third-order valence-corrected chi connectivity index (χ3v) is 3.74. The summed E-state index contributed by atoms with van der Waals surface area (Å²) in [7, 11) is 0. The van der Waals surface area contributed by atoms with Gasteiger partial charge in [0.15, 0.2) is 0 Å². The highest BCUT2D eigenvalue weighted by Crippen LogP contribution is 2.24. The molecule has 0 amide bonds. The van der Waals surface area contributed by atoms with Crippen molar-refractivity contribution in [1.29, 1.82) is 5.26 Å². The number of rotatable bonds is 3. The molecule has 0 radical (unpaired) electrons. The molecule has 3 unspecified atom stereocenters. The summed E-state index contributed by atoms with van der Waals surface area (Å²) in [5, 5.41) is 9.37. The van der Waals surface area contributed by atoms with E-state index in [2.05, 4.69) is 36.9 Å². The molecule has 0 aliphatic carbocycles. The molecule has 1 aromatic rings. The molecular weight excluding hydrogens is 220 g/mol. The van der Waals surface area contributed by atoms with E-state index in [4.69, 9.17) is 0 Å². The zero-order chi connectivity index (χ0) is 13.0. The third kappa shape index (κ3) is 3.34. The van der Waals surface area contributed by atoms with Gasteiger partial charge in [0, 0.05) is 19.6 Å². The third-order valence-electron chi connectivity index (χ3n) is 3.74. The molecule has 2 heteroatoms. The molecule has 0 bridgehead atoms. The number of piperidine rings is 1. The maximum absolute atomic E-state index is 9.37. The van der Waals surface area contributed by atoms with Gasteiger partial charge in [0.1, 0.15) is 0 Å². The van der Waals surface area contributed by atoms with Crippen molar-refractivity contribution in [3.05, 3.63) is 35.9 Å². The quantitative estimate of drug-likeness (QED) is 0.813. The van der Waals surface area contributed by atoms with E-state index in [0.29, 0.717) is 0 Å². The van der Waals surface area contributed by atoms with Gasteiger partial charge in [0.05, 0.1) is 12.0 Å². The van der Waals surface area contributed by atoms with Crippen LogP contribution < -0.4 is 0 Å². The van der Waals surface area contributed by atoms with Crippen LogP contribution in [0.2, 0.25) is 0 Å². The van der Waals surface area contributed by atoms with Gasteiger partial charge in [-0.2, -0.15) is 5.26 Å². The molecule has 2 nitrogen and oxygen atoms in total. The van der Waals surface area contributed by atoms with E-state index in [1.165, 1.54) is 6.42 Å². The molecule has 1 heterocycles. The summed E-state index contributed by atoms with van der Waals surface area (Å²) >= 11 is 0. The second-order valence-corrected chi connectivity index (χ2v) is 5.76. The average molecular weight is 242 g/mol. The van der Waals surface area contributed by atoms with Gasteiger partial charge in [0.2, 0.25) is 0 Å². The van der Waals surface area contributed by atoms with Gasteiger partial charge in [-0.05, 0) is 23.8 Å². The van der Waals surface area contributed by atoms with Crippen LogP contribution in [-0.4, -0.2) is 24.5 Å². The van der Waals surface area contributed by atoms with E-state index in [1.807, 2.05) is 18.2 Å². The predicted octanol–water partition coefficient (Wildman–Crippen LogP) is 3.27. The highest BCUT2D eigenvalue weighted by atomic mass is 15.1. The van der Waals surface area contributed by atoms with Gasteiger partial charge in [-0.15, -0.1) is 0 Å². The van der Waals surface area contributed by atoms with Crippen LogP contribution in [0.1, 0.15) is 31.7 Å². The first kappa shape index (κ1) is 13.1. The minimum Gasteiger partial charge on any atom is -0.301 e. The van der Waals surface area contributed by atoms with E-state index in [1.54, 1.807) is 0 Å². The average Bonchev–Trinajstić information content (AvgIpc) is 2.36. The van der Waals surface area contributed by atoms with Crippen molar-refractivity contribution in [2.45, 2.75) is 26.2 Å². The fourth-order valence-electron chi connectivity index (χ4n) is 3.11. The summed E-state index contributed by atoms with van der Waals surface area (Å²) in [6.45, 7) is 7.76. The van der Waals surface area contributed by atoms with E-state index >= 15 is 0 Å². The van der Waals surface area contributed by atoms with Gasteiger partial charge in [0.25, 0.3) is 0 Å². The minimum absolute atomic E-state index is 0.00343. The van der Waals surface area contributed by atoms with Crippen LogP contribution in [0, 0.1) is 23.2 Å². The molecule has 0 spiro atoms. The second-order valence-electron chi connectivity index (χ2n) is 5.76. The summed E-state index contributed by atoms with van der Waals surface area (Å²) in [4.78, 5) is 2.46. The summed E-state index contributed by atoms with van der Waals surface area (Å²) < 4.78 is 0. The van der Waals surface area contributed by atoms with Gasteiger partial charge >= 0.3 is 0 Å². The largest absolute Gasteiger partial charge is 0.301 e. The Morgan fingerprint density at radius 1 is 1.22 bits per heavy atom. The summed E-state index contributed by atoms with van der Waals surface area (Å²) in [6.07, 6.45) is 1.32. The molecule has 96 valence electrons. The Morgan fingerprint density at radius 2 is 1.83 bits per heavy atom. The van der Waals surface area contributed by atoms with Crippen LogP contribution in [-0.2, 0) is 0 Å². The fourth-order valence-corrected chi connectivity index (χ4v) is 3.11. The first-order chi connectivity index (χ1) is 8.69. The van der Waals surface area contributed by atoms with Gasteiger partial charge in [-0.25, -0.2) is 0 Å². The summed E-state index contributed by atoms with van der Waals surface area (Å²) in [5.41, 5.74) is 1.14. The van der Waals surface area contributed by atoms with Crippen LogP contribution >= 0.6 is 0 Å². The number of hydrogen-bond acceptors (Lipinski definition) is 2. The van der Waals surface area contributed by atoms with Crippen molar-refractivity contribution in [3.8, 4) is 6.07 Å². The highest BCUT2D eigenvalue weighted by molar-refractivity contribution is 5.25. The van der Waals surface area contributed by atoms with Crippen molar-refractivity contribution in [1.82, 2.24) is 4.90 Å². The van der Waals surface area contributed by atoms with Gasteiger partial charge in [-0.1, -0.05) is 44.2 Å². The number of benzene rings is 1. The first-order valence-electron chi connectivity index (χ1n) is 6.86. The van der Waals surface area contributed by atoms with Crippen molar-refractivity contribution < 1.29 is 0 Å². The van der Waals surface area contributed by atoms with E-state index < -0.39 is 0 Å². The summed E-state index contributed by atoms with van der Waals surface area (Å²) in [5.74, 6) is 1.51. The number of nitrogens with zero attached hydrogens (tertiary/aromatic N) is 2. The molecule has 0 N–H and O–H groups in total. The smallest absolute Gasteiger partial charge is 0.0839 e. The molecule has 0 aromatic heterocycles. The molecule has 1 saturated heterocycles. The monoisotopic (exact) mass is 242 g/mol. The van der Waals surface area contributed by atoms with Gasteiger partial charge in [-0.3, -0.25) is 0 Å². The lowest BCUT2D eigenvalue weighted by Gasteiger charge is -2.35. The normalized spacial score (nSPS) is 26.5. The Kier molecular flexibility index (Phi) is 4.38. The Bertz CT molecular complexity index is 397. The Morgan fingerprint density at radius 3 is 2.39 bits per heavy atom. The van der Waals surface area contributed by atoms with Gasteiger partial charge < -0.3 is 4.90 Å². The SMILES string of the molecule is CC1CC(C)CN(CC(C#N)c2ccccc2)C1. The van der Waals surface area contributed by atoms with E-state index in [0.717, 1.165) is 37.0 Å². The van der Waals surface area contributed by atoms with E-state index in [9.17, 15) is 5.26 Å². The molecule has 1 aromatic carbocycles. The van der Waals surface area contributed by atoms with Crippen molar-refractivity contribution in [2.75, 3.05) is 19.6 Å². The standard InChI is InChI=1S/C16H22N2/c1-13-8-14(2)11-18(10-13)12-16(9-17)15-6-4-3-5-7-15/h3-7,13-14,16H,8,10-12H2,1-2H3. The highest BCUT2D eigenvalue weighted by Gasteiger charge is 2.24. The molecule has 0 saturated carbocycles. The van der Waals surface area contributed by atoms with Crippen LogP contribution in [0.25, 0.3) is 0 Å². The molecular formula is C16H22N2. The second kappa shape index (κ2) is 6.02. The van der Waals surface area contributed by atoms with Crippen molar-refractivity contribution in [3.63, 3.8) is 0 Å². The Balaban J connectivity index is 2.01.